The molecule has 1 aliphatic carbocycles. The van der Waals surface area contributed by atoms with Gasteiger partial charge in [-0.3, -0.25) is 9.69 Å². The Kier molecular flexibility index (Phi) is 9.10. The van der Waals surface area contributed by atoms with Crippen molar-refractivity contribution in [1.29, 1.82) is 0 Å². The standard InChI is InChI=1S/C21H30N2O3.C2HF3O2/c24-21(22-13-16-6-7-16)19-12-18-8-9-23(14-20(18)26-19)10-11-25-15-17-4-2-1-3-5-17;3-2(4,5)1(6)7/h1-5,16,18-20H,6-15H2,(H,22,24);(H,6,7)/t18-,19-,20+;/m0./s1. The smallest absolute Gasteiger partial charge is 0.475 e. The van der Waals surface area contributed by atoms with Gasteiger partial charge in [-0.25, -0.2) is 4.79 Å². The third-order valence-corrected chi connectivity index (χ3v) is 6.10. The zero-order valence-corrected chi connectivity index (χ0v) is 18.4. The van der Waals surface area contributed by atoms with Gasteiger partial charge in [-0.1, -0.05) is 30.3 Å². The Hall–Kier alpha value is -2.17. The molecule has 0 radical (unpaired) electrons. The van der Waals surface area contributed by atoms with Crippen molar-refractivity contribution in [3.8, 4) is 0 Å². The first-order valence-electron chi connectivity index (χ1n) is 11.3. The average molecular weight is 473 g/mol. The third kappa shape index (κ3) is 8.60. The highest BCUT2D eigenvalue weighted by atomic mass is 19.4. The Morgan fingerprint density at radius 2 is 1.88 bits per heavy atom. The maximum atomic E-state index is 12.3. The number of halogens is 3. The number of rotatable bonds is 8. The number of benzene rings is 1. The fourth-order valence-corrected chi connectivity index (χ4v) is 4.00. The van der Waals surface area contributed by atoms with E-state index >= 15 is 0 Å². The molecule has 0 unspecified atom stereocenters. The maximum absolute atomic E-state index is 12.3. The normalized spacial score (nSPS) is 25.0. The van der Waals surface area contributed by atoms with E-state index in [0.717, 1.165) is 45.6 Å². The molecule has 3 aliphatic rings. The molecule has 1 aromatic carbocycles. The lowest BCUT2D eigenvalue weighted by molar-refractivity contribution is -0.192. The van der Waals surface area contributed by atoms with Crippen LogP contribution in [0.1, 0.15) is 31.2 Å². The Labute approximate surface area is 191 Å². The molecule has 0 bridgehead atoms. The molecular formula is C23H31F3N2O5. The van der Waals surface area contributed by atoms with Crippen LogP contribution in [0.2, 0.25) is 0 Å². The topological polar surface area (TPSA) is 88.1 Å². The van der Waals surface area contributed by atoms with E-state index in [1.54, 1.807) is 0 Å². The molecule has 2 heterocycles. The molecule has 2 saturated heterocycles. The quantitative estimate of drug-likeness (QED) is 0.566. The lowest BCUT2D eigenvalue weighted by atomic mass is 9.91. The van der Waals surface area contributed by atoms with Gasteiger partial charge in [0.25, 0.3) is 0 Å². The zero-order chi connectivity index (χ0) is 23.8. The number of carboxylic acids is 1. The molecule has 1 amide bonds. The van der Waals surface area contributed by atoms with Crippen molar-refractivity contribution in [2.24, 2.45) is 11.8 Å². The minimum atomic E-state index is -5.08. The Morgan fingerprint density at radius 3 is 2.52 bits per heavy atom. The van der Waals surface area contributed by atoms with Crippen LogP contribution < -0.4 is 5.32 Å². The minimum Gasteiger partial charge on any atom is -0.475 e. The summed E-state index contributed by atoms with van der Waals surface area (Å²) in [5.41, 5.74) is 1.21. The monoisotopic (exact) mass is 472 g/mol. The van der Waals surface area contributed by atoms with Gasteiger partial charge in [-0.15, -0.1) is 0 Å². The van der Waals surface area contributed by atoms with Crippen LogP contribution in [-0.2, 0) is 25.7 Å². The van der Waals surface area contributed by atoms with Gasteiger partial charge in [0.1, 0.15) is 6.10 Å². The predicted molar refractivity (Wildman–Crippen MR) is 113 cm³/mol. The van der Waals surface area contributed by atoms with E-state index in [1.165, 1.54) is 18.4 Å². The number of carbonyl (C=O) groups excluding carboxylic acids is 1. The first kappa shape index (κ1) is 25.5. The summed E-state index contributed by atoms with van der Waals surface area (Å²) in [7, 11) is 0. The van der Waals surface area contributed by atoms with Crippen LogP contribution in [0, 0.1) is 11.8 Å². The first-order chi connectivity index (χ1) is 15.7. The van der Waals surface area contributed by atoms with Crippen molar-refractivity contribution in [3.63, 3.8) is 0 Å². The summed E-state index contributed by atoms with van der Waals surface area (Å²) in [6.45, 7) is 5.16. The van der Waals surface area contributed by atoms with E-state index in [0.29, 0.717) is 18.4 Å². The summed E-state index contributed by atoms with van der Waals surface area (Å²) in [5, 5.41) is 10.2. The van der Waals surface area contributed by atoms with E-state index in [4.69, 9.17) is 19.4 Å². The fraction of sp³-hybridized carbons (Fsp3) is 0.652. The molecule has 3 fully saturated rings. The number of nitrogens with zero attached hydrogens (tertiary/aromatic N) is 1. The van der Waals surface area contributed by atoms with Gasteiger partial charge in [0.05, 0.1) is 19.3 Å². The van der Waals surface area contributed by atoms with Gasteiger partial charge in [-0.05, 0) is 49.6 Å². The molecule has 2 aliphatic heterocycles. The summed E-state index contributed by atoms with van der Waals surface area (Å²) in [5.74, 6) is -1.40. The van der Waals surface area contributed by atoms with Crippen LogP contribution in [0.5, 0.6) is 0 Å². The van der Waals surface area contributed by atoms with E-state index in [1.807, 2.05) is 18.2 Å². The van der Waals surface area contributed by atoms with E-state index in [2.05, 4.69) is 22.3 Å². The van der Waals surface area contributed by atoms with Crippen LogP contribution in [0.3, 0.4) is 0 Å². The van der Waals surface area contributed by atoms with Crippen LogP contribution in [-0.4, -0.2) is 73.1 Å². The van der Waals surface area contributed by atoms with Crippen LogP contribution in [0.25, 0.3) is 0 Å². The van der Waals surface area contributed by atoms with Gasteiger partial charge in [-0.2, -0.15) is 13.2 Å². The molecule has 7 nitrogen and oxygen atoms in total. The highest BCUT2D eigenvalue weighted by molar-refractivity contribution is 5.81. The van der Waals surface area contributed by atoms with Gasteiger partial charge in [0.15, 0.2) is 0 Å². The number of alkyl halides is 3. The number of fused-ring (bicyclic) bond motifs is 1. The minimum absolute atomic E-state index is 0.101. The lowest BCUT2D eigenvalue weighted by Gasteiger charge is -2.33. The fourth-order valence-electron chi connectivity index (χ4n) is 4.00. The third-order valence-electron chi connectivity index (χ3n) is 6.10. The van der Waals surface area contributed by atoms with Crippen molar-refractivity contribution in [2.45, 2.75) is 50.7 Å². The van der Waals surface area contributed by atoms with E-state index in [9.17, 15) is 18.0 Å². The molecule has 0 aromatic heterocycles. The summed E-state index contributed by atoms with van der Waals surface area (Å²) >= 11 is 0. The Morgan fingerprint density at radius 1 is 1.18 bits per heavy atom. The van der Waals surface area contributed by atoms with Crippen LogP contribution >= 0.6 is 0 Å². The second kappa shape index (κ2) is 11.8. The average Bonchev–Trinajstić information content (AvgIpc) is 3.52. The van der Waals surface area contributed by atoms with Gasteiger partial charge < -0.3 is 19.9 Å². The molecule has 10 heteroatoms. The van der Waals surface area contributed by atoms with Gasteiger partial charge in [0, 0.05) is 19.6 Å². The van der Waals surface area contributed by atoms with Crippen molar-refractivity contribution in [3.05, 3.63) is 35.9 Å². The second-order valence-electron chi connectivity index (χ2n) is 8.78. The number of carboxylic acid groups (broad SMARTS) is 1. The summed E-state index contributed by atoms with van der Waals surface area (Å²) in [6.07, 6.45) is -0.584. The van der Waals surface area contributed by atoms with E-state index in [-0.39, 0.29) is 18.1 Å². The largest absolute Gasteiger partial charge is 0.490 e. The van der Waals surface area contributed by atoms with Gasteiger partial charge >= 0.3 is 12.1 Å². The van der Waals surface area contributed by atoms with Crippen molar-refractivity contribution < 1.29 is 37.3 Å². The van der Waals surface area contributed by atoms with E-state index < -0.39 is 12.1 Å². The van der Waals surface area contributed by atoms with Crippen molar-refractivity contribution in [1.82, 2.24) is 10.2 Å². The second-order valence-corrected chi connectivity index (χ2v) is 8.78. The Bertz CT molecular complexity index is 773. The Balaban J connectivity index is 0.000000383. The molecule has 1 aromatic rings. The number of ether oxygens (including phenoxy) is 2. The highest BCUT2D eigenvalue weighted by Crippen LogP contribution is 2.33. The molecular weight excluding hydrogens is 441 g/mol. The number of hydrogen-bond donors (Lipinski definition) is 2. The van der Waals surface area contributed by atoms with Crippen LogP contribution in [0.15, 0.2) is 30.3 Å². The molecule has 2 N–H and O–H groups in total. The number of aliphatic carboxylic acids is 1. The number of hydrogen-bond acceptors (Lipinski definition) is 5. The maximum Gasteiger partial charge on any atom is 0.490 e. The summed E-state index contributed by atoms with van der Waals surface area (Å²) < 4.78 is 43.6. The highest BCUT2D eigenvalue weighted by Gasteiger charge is 2.42. The summed E-state index contributed by atoms with van der Waals surface area (Å²) in [6, 6.07) is 10.3. The van der Waals surface area contributed by atoms with Crippen molar-refractivity contribution in [2.75, 3.05) is 32.8 Å². The summed E-state index contributed by atoms with van der Waals surface area (Å²) in [4.78, 5) is 23.6. The first-order valence-corrected chi connectivity index (χ1v) is 11.3. The molecule has 184 valence electrons. The van der Waals surface area contributed by atoms with Crippen LogP contribution in [0.4, 0.5) is 13.2 Å². The zero-order valence-electron chi connectivity index (χ0n) is 18.4. The number of amides is 1. The van der Waals surface area contributed by atoms with Crippen molar-refractivity contribution >= 4 is 11.9 Å². The number of carbonyl (C=O) groups is 2. The molecule has 1 saturated carbocycles. The number of piperidine rings is 1. The molecule has 33 heavy (non-hydrogen) atoms. The number of likely N-dealkylation sites (tertiary alicyclic amines) is 1. The number of nitrogens with one attached hydrogen (secondary N) is 1. The lowest BCUT2D eigenvalue weighted by Crippen LogP contribution is -2.43. The van der Waals surface area contributed by atoms with Gasteiger partial charge in [0.2, 0.25) is 5.91 Å². The molecule has 0 spiro atoms. The SMILES string of the molecule is O=C(NCC1CC1)[C@@H]1C[C@@H]2CCN(CCOCc3ccccc3)C[C@H]2O1.O=C(O)C(F)(F)F. The molecule has 4 rings (SSSR count). The predicted octanol–water partition coefficient (Wildman–Crippen LogP) is 2.84. The molecule has 3 atom stereocenters.